The summed E-state index contributed by atoms with van der Waals surface area (Å²) >= 11 is 0. The summed E-state index contributed by atoms with van der Waals surface area (Å²) in [5.41, 5.74) is 5.45. The number of carbonyl (C=O) groups is 3. The molecule has 0 saturated heterocycles. The minimum absolute atomic E-state index is 0.0473. The molecule has 5 rings (SSSR count). The maximum Gasteiger partial charge on any atom is 0.407 e. The van der Waals surface area contributed by atoms with Gasteiger partial charge in [0.1, 0.15) is 13.2 Å². The highest BCUT2D eigenvalue weighted by Gasteiger charge is 2.36. The van der Waals surface area contributed by atoms with E-state index >= 15 is 0 Å². The largest absolute Gasteiger partial charge is 0.480 e. The SMILES string of the molecule is O=C(O)CN(Cc1ccccc1)C(=O)[C@H]1CCCC[C@H]1NC(=O)OCC1c2ccccc2-c2ccccc21. The van der Waals surface area contributed by atoms with E-state index in [1.54, 1.807) is 0 Å². The highest BCUT2D eigenvalue weighted by atomic mass is 16.5. The lowest BCUT2D eigenvalue weighted by Crippen LogP contribution is -2.50. The van der Waals surface area contributed by atoms with Crippen molar-refractivity contribution in [2.45, 2.75) is 44.2 Å². The molecule has 2 amide bonds. The first kappa shape index (κ1) is 25.5. The number of hydrogen-bond donors (Lipinski definition) is 2. The van der Waals surface area contributed by atoms with Crippen LogP contribution in [0.5, 0.6) is 0 Å². The number of alkyl carbamates (subject to hydrolysis) is 1. The van der Waals surface area contributed by atoms with Crippen LogP contribution in [0.4, 0.5) is 4.79 Å². The van der Waals surface area contributed by atoms with Gasteiger partial charge in [0.05, 0.1) is 5.92 Å². The normalized spacial score (nSPS) is 18.2. The number of rotatable bonds is 8. The van der Waals surface area contributed by atoms with E-state index < -0.39 is 24.0 Å². The predicted octanol–water partition coefficient (Wildman–Crippen LogP) is 5.20. The predicted molar refractivity (Wildman–Crippen MR) is 143 cm³/mol. The van der Waals surface area contributed by atoms with Gasteiger partial charge in [0.25, 0.3) is 0 Å². The Morgan fingerprint density at radius 1 is 0.842 bits per heavy atom. The Morgan fingerprint density at radius 3 is 2.11 bits per heavy atom. The van der Waals surface area contributed by atoms with Crippen LogP contribution in [-0.4, -0.2) is 47.2 Å². The topological polar surface area (TPSA) is 95.9 Å². The van der Waals surface area contributed by atoms with Crippen molar-refractivity contribution in [3.05, 3.63) is 95.6 Å². The fourth-order valence-electron chi connectivity index (χ4n) is 5.80. The summed E-state index contributed by atoms with van der Waals surface area (Å²) in [6, 6.07) is 25.3. The number of fused-ring (bicyclic) bond motifs is 3. The lowest BCUT2D eigenvalue weighted by atomic mass is 9.83. The summed E-state index contributed by atoms with van der Waals surface area (Å²) in [4.78, 5) is 39.4. The Balaban J connectivity index is 1.25. The molecule has 7 heteroatoms. The van der Waals surface area contributed by atoms with Crippen LogP contribution in [0.15, 0.2) is 78.9 Å². The molecule has 0 aliphatic heterocycles. The van der Waals surface area contributed by atoms with Gasteiger partial charge in [-0.2, -0.15) is 0 Å². The van der Waals surface area contributed by atoms with Crippen molar-refractivity contribution in [1.82, 2.24) is 10.2 Å². The van der Waals surface area contributed by atoms with Crippen LogP contribution in [0, 0.1) is 5.92 Å². The van der Waals surface area contributed by atoms with Crippen molar-refractivity contribution >= 4 is 18.0 Å². The average Bonchev–Trinajstić information content (AvgIpc) is 3.25. The molecule has 3 aromatic rings. The molecule has 2 aliphatic rings. The van der Waals surface area contributed by atoms with Crippen LogP contribution in [0.2, 0.25) is 0 Å². The number of aliphatic carboxylic acids is 1. The van der Waals surface area contributed by atoms with Gasteiger partial charge < -0.3 is 20.1 Å². The highest BCUT2D eigenvalue weighted by molar-refractivity contribution is 5.84. The third kappa shape index (κ3) is 5.57. The van der Waals surface area contributed by atoms with Gasteiger partial charge in [-0.15, -0.1) is 0 Å². The maximum atomic E-state index is 13.5. The monoisotopic (exact) mass is 512 g/mol. The summed E-state index contributed by atoms with van der Waals surface area (Å²) in [6.07, 6.45) is 2.43. The zero-order chi connectivity index (χ0) is 26.5. The molecule has 1 fully saturated rings. The Morgan fingerprint density at radius 2 is 1.45 bits per heavy atom. The van der Waals surface area contributed by atoms with Gasteiger partial charge >= 0.3 is 12.1 Å². The Hall–Kier alpha value is -4.13. The van der Waals surface area contributed by atoms with E-state index in [4.69, 9.17) is 4.74 Å². The maximum absolute atomic E-state index is 13.5. The fraction of sp³-hybridized carbons (Fsp3) is 0.323. The summed E-state index contributed by atoms with van der Waals surface area (Å²) < 4.78 is 5.72. The van der Waals surface area contributed by atoms with E-state index in [9.17, 15) is 19.5 Å². The van der Waals surface area contributed by atoms with Crippen LogP contribution < -0.4 is 5.32 Å². The molecule has 2 N–H and O–H groups in total. The van der Waals surface area contributed by atoms with E-state index in [1.165, 1.54) is 4.90 Å². The molecular weight excluding hydrogens is 480 g/mol. The van der Waals surface area contributed by atoms with E-state index in [0.717, 1.165) is 40.7 Å². The molecule has 0 unspecified atom stereocenters. The molecular formula is C31H32N2O5. The third-order valence-corrected chi connectivity index (χ3v) is 7.58. The molecule has 1 saturated carbocycles. The van der Waals surface area contributed by atoms with Crippen LogP contribution in [0.25, 0.3) is 11.1 Å². The smallest absolute Gasteiger partial charge is 0.407 e. The summed E-state index contributed by atoms with van der Waals surface area (Å²) in [6.45, 7) is 0.0202. The van der Waals surface area contributed by atoms with E-state index in [2.05, 4.69) is 29.6 Å². The van der Waals surface area contributed by atoms with Crippen molar-refractivity contribution in [3.8, 4) is 11.1 Å². The first-order valence-electron chi connectivity index (χ1n) is 13.2. The number of carboxylic acids is 1. The average molecular weight is 513 g/mol. The second-order valence-corrected chi connectivity index (χ2v) is 10.0. The van der Waals surface area contributed by atoms with Crippen LogP contribution in [0.3, 0.4) is 0 Å². The fourth-order valence-corrected chi connectivity index (χ4v) is 5.80. The molecule has 3 aromatic carbocycles. The van der Waals surface area contributed by atoms with Gasteiger partial charge in [-0.25, -0.2) is 4.79 Å². The molecule has 0 heterocycles. The van der Waals surface area contributed by atoms with Crippen molar-refractivity contribution < 1.29 is 24.2 Å². The van der Waals surface area contributed by atoms with E-state index in [1.807, 2.05) is 54.6 Å². The minimum atomic E-state index is -1.06. The van der Waals surface area contributed by atoms with Gasteiger partial charge in [-0.3, -0.25) is 9.59 Å². The number of amides is 2. The zero-order valence-corrected chi connectivity index (χ0v) is 21.2. The van der Waals surface area contributed by atoms with Gasteiger partial charge in [0.15, 0.2) is 0 Å². The summed E-state index contributed by atoms with van der Waals surface area (Å²) in [7, 11) is 0. The van der Waals surface area contributed by atoms with Crippen LogP contribution in [-0.2, 0) is 20.9 Å². The number of nitrogens with zero attached hydrogens (tertiary/aromatic N) is 1. The Bertz CT molecular complexity index is 1260. The highest BCUT2D eigenvalue weighted by Crippen LogP contribution is 2.44. The molecule has 0 bridgehead atoms. The minimum Gasteiger partial charge on any atom is -0.480 e. The van der Waals surface area contributed by atoms with Crippen molar-refractivity contribution in [1.29, 1.82) is 0 Å². The van der Waals surface area contributed by atoms with E-state index in [-0.39, 0.29) is 31.5 Å². The summed E-state index contributed by atoms with van der Waals surface area (Å²) in [5.74, 6) is -1.85. The Kier molecular flexibility index (Phi) is 7.73. The van der Waals surface area contributed by atoms with Gasteiger partial charge in [-0.1, -0.05) is 91.7 Å². The van der Waals surface area contributed by atoms with Crippen LogP contribution >= 0.6 is 0 Å². The number of nitrogens with one attached hydrogen (secondary N) is 1. The quantitative estimate of drug-likeness (QED) is 0.433. The van der Waals surface area contributed by atoms with Gasteiger partial charge in [-0.05, 0) is 40.7 Å². The van der Waals surface area contributed by atoms with Crippen molar-refractivity contribution in [2.24, 2.45) is 5.92 Å². The Labute approximate surface area is 222 Å². The number of benzene rings is 3. The standard InChI is InChI=1S/C31H32N2O5/c34-29(35)19-33(18-21-10-2-1-3-11-21)30(36)26-16-8-9-17-28(26)32-31(37)38-20-27-24-14-6-4-12-22(24)23-13-5-7-15-25(23)27/h1-7,10-15,26-28H,8-9,16-20H2,(H,32,37)(H,34,35)/t26-,28+/m0/s1. The lowest BCUT2D eigenvalue weighted by molar-refractivity contribution is -0.147. The van der Waals surface area contributed by atoms with Crippen LogP contribution in [0.1, 0.15) is 48.3 Å². The second-order valence-electron chi connectivity index (χ2n) is 10.0. The number of ether oxygens (including phenoxy) is 1. The molecule has 2 atom stereocenters. The zero-order valence-electron chi connectivity index (χ0n) is 21.2. The molecule has 0 spiro atoms. The van der Waals surface area contributed by atoms with Gasteiger partial charge in [0, 0.05) is 18.5 Å². The number of carbonyl (C=O) groups excluding carboxylic acids is 2. The van der Waals surface area contributed by atoms with Gasteiger partial charge in [0.2, 0.25) is 5.91 Å². The summed E-state index contributed by atoms with van der Waals surface area (Å²) in [5, 5.41) is 12.4. The molecule has 0 radical (unpaired) electrons. The molecule has 0 aromatic heterocycles. The first-order valence-corrected chi connectivity index (χ1v) is 13.2. The second kappa shape index (κ2) is 11.5. The molecule has 38 heavy (non-hydrogen) atoms. The number of carboxylic acid groups (broad SMARTS) is 1. The van der Waals surface area contributed by atoms with E-state index in [0.29, 0.717) is 12.8 Å². The van der Waals surface area contributed by atoms with Crippen molar-refractivity contribution in [2.75, 3.05) is 13.2 Å². The molecule has 196 valence electrons. The first-order chi connectivity index (χ1) is 18.5. The number of hydrogen-bond acceptors (Lipinski definition) is 4. The lowest BCUT2D eigenvalue weighted by Gasteiger charge is -2.34. The van der Waals surface area contributed by atoms with Crippen molar-refractivity contribution in [3.63, 3.8) is 0 Å². The molecule has 7 nitrogen and oxygen atoms in total. The molecule has 2 aliphatic carbocycles. The third-order valence-electron chi connectivity index (χ3n) is 7.58.